The summed E-state index contributed by atoms with van der Waals surface area (Å²) in [7, 11) is -1.31. The van der Waals surface area contributed by atoms with Crippen molar-refractivity contribution in [2.75, 3.05) is 14.2 Å². The van der Waals surface area contributed by atoms with E-state index in [0.717, 1.165) is 0 Å². The van der Waals surface area contributed by atoms with Crippen LogP contribution in [0.1, 0.15) is 5.82 Å². The van der Waals surface area contributed by atoms with Gasteiger partial charge < -0.3 is 9.47 Å². The third-order valence-corrected chi connectivity index (χ3v) is 4.91. The van der Waals surface area contributed by atoms with Crippen LogP contribution in [-0.2, 0) is 20.9 Å². The van der Waals surface area contributed by atoms with Gasteiger partial charge in [0.25, 0.3) is 10.1 Å². The Bertz CT molecular complexity index is 792. The van der Waals surface area contributed by atoms with E-state index in [1.165, 1.54) is 38.5 Å². The summed E-state index contributed by atoms with van der Waals surface area (Å²) in [5.74, 6) is 0.505. The molecule has 0 aliphatic rings. The summed E-state index contributed by atoms with van der Waals surface area (Å²) in [5, 5.41) is -0.00560. The van der Waals surface area contributed by atoms with Crippen LogP contribution in [-0.4, -0.2) is 32.6 Å². The first-order chi connectivity index (χ1) is 10.9. The van der Waals surface area contributed by atoms with Crippen molar-refractivity contribution in [3.63, 3.8) is 0 Å². The van der Waals surface area contributed by atoms with Gasteiger partial charge in [-0.05, 0) is 12.1 Å². The van der Waals surface area contributed by atoms with Gasteiger partial charge in [-0.1, -0.05) is 29.3 Å². The van der Waals surface area contributed by atoms with E-state index in [1.807, 2.05) is 0 Å². The van der Waals surface area contributed by atoms with Crippen molar-refractivity contribution in [1.29, 1.82) is 0 Å². The third kappa shape index (κ3) is 4.23. The van der Waals surface area contributed by atoms with Crippen molar-refractivity contribution >= 4 is 33.3 Å². The van der Waals surface area contributed by atoms with E-state index in [1.54, 1.807) is 0 Å². The lowest BCUT2D eigenvalue weighted by molar-refractivity contribution is 0.290. The maximum atomic E-state index is 12.2. The van der Waals surface area contributed by atoms with Gasteiger partial charge in [0.15, 0.2) is 5.82 Å². The van der Waals surface area contributed by atoms with Gasteiger partial charge in [0, 0.05) is 0 Å². The summed E-state index contributed by atoms with van der Waals surface area (Å²) < 4.78 is 39.3. The first-order valence-corrected chi connectivity index (χ1v) is 8.33. The summed E-state index contributed by atoms with van der Waals surface area (Å²) in [6, 6.07) is 5.66. The van der Waals surface area contributed by atoms with E-state index >= 15 is 0 Å². The van der Waals surface area contributed by atoms with E-state index in [2.05, 4.69) is 9.97 Å². The molecule has 0 saturated heterocycles. The van der Waals surface area contributed by atoms with Crippen molar-refractivity contribution in [1.82, 2.24) is 9.97 Å². The Labute approximate surface area is 143 Å². The number of hydrogen-bond donors (Lipinski definition) is 0. The molecule has 2 rings (SSSR count). The average molecular weight is 379 g/mol. The summed E-state index contributed by atoms with van der Waals surface area (Å²) >= 11 is 11.7. The lowest BCUT2D eigenvalue weighted by Crippen LogP contribution is -2.10. The van der Waals surface area contributed by atoms with Gasteiger partial charge >= 0.3 is 0 Å². The number of rotatable bonds is 6. The largest absolute Gasteiger partial charge is 0.481 e. The molecule has 7 nitrogen and oxygen atoms in total. The molecule has 1 aromatic carbocycles. The molecule has 0 radical (unpaired) electrons. The molecule has 0 amide bonds. The van der Waals surface area contributed by atoms with Crippen LogP contribution in [0.5, 0.6) is 11.8 Å². The van der Waals surface area contributed by atoms with Crippen LogP contribution >= 0.6 is 23.2 Å². The van der Waals surface area contributed by atoms with Gasteiger partial charge in [-0.25, -0.2) is 0 Å². The SMILES string of the molecule is COc1cc(OC)nc(COS(=O)(=O)c2cccc(Cl)c2Cl)n1. The molecule has 2 aromatic rings. The maximum Gasteiger partial charge on any atom is 0.298 e. The van der Waals surface area contributed by atoms with Crippen molar-refractivity contribution in [3.8, 4) is 11.8 Å². The number of benzene rings is 1. The zero-order valence-corrected chi connectivity index (χ0v) is 14.4. The second-order valence-electron chi connectivity index (χ2n) is 4.14. The minimum atomic E-state index is -4.13. The van der Waals surface area contributed by atoms with Crippen LogP contribution in [0.2, 0.25) is 10.0 Å². The second kappa shape index (κ2) is 7.31. The molecule has 0 N–H and O–H groups in total. The number of methoxy groups -OCH3 is 2. The highest BCUT2D eigenvalue weighted by molar-refractivity contribution is 7.86. The highest BCUT2D eigenvalue weighted by atomic mass is 35.5. The molecule has 0 spiro atoms. The number of aromatic nitrogens is 2. The van der Waals surface area contributed by atoms with Gasteiger partial charge in [0.05, 0.1) is 30.3 Å². The number of ether oxygens (including phenoxy) is 2. The maximum absolute atomic E-state index is 12.2. The zero-order chi connectivity index (χ0) is 17.0. The summed E-state index contributed by atoms with van der Waals surface area (Å²) in [6.07, 6.45) is 0. The van der Waals surface area contributed by atoms with Crippen LogP contribution in [0.25, 0.3) is 0 Å². The molecule has 0 fully saturated rings. The Balaban J connectivity index is 2.24. The Morgan fingerprint density at radius 2 is 1.70 bits per heavy atom. The van der Waals surface area contributed by atoms with Crippen LogP contribution in [0.4, 0.5) is 0 Å². The number of nitrogens with zero attached hydrogens (tertiary/aromatic N) is 2. The van der Waals surface area contributed by atoms with Gasteiger partial charge in [-0.15, -0.1) is 0 Å². The first-order valence-electron chi connectivity index (χ1n) is 6.16. The monoisotopic (exact) mass is 378 g/mol. The Kier molecular flexibility index (Phi) is 5.64. The first kappa shape index (κ1) is 17.7. The quantitative estimate of drug-likeness (QED) is 0.713. The van der Waals surface area contributed by atoms with Crippen LogP contribution in [0, 0.1) is 0 Å². The van der Waals surface area contributed by atoms with Crippen molar-refractivity contribution in [3.05, 3.63) is 40.1 Å². The second-order valence-corrected chi connectivity index (χ2v) is 6.51. The summed E-state index contributed by atoms with van der Waals surface area (Å²) in [5.41, 5.74) is 0. The average Bonchev–Trinajstić information content (AvgIpc) is 2.55. The fourth-order valence-electron chi connectivity index (χ4n) is 1.59. The van der Waals surface area contributed by atoms with E-state index in [-0.39, 0.29) is 32.5 Å². The number of hydrogen-bond acceptors (Lipinski definition) is 7. The molecule has 0 atom stereocenters. The molecule has 0 aliphatic heterocycles. The van der Waals surface area contributed by atoms with Crippen LogP contribution in [0.3, 0.4) is 0 Å². The minimum absolute atomic E-state index is 0.0722. The van der Waals surface area contributed by atoms with E-state index < -0.39 is 16.7 Å². The molecular weight excluding hydrogens is 367 g/mol. The molecule has 10 heteroatoms. The minimum Gasteiger partial charge on any atom is -0.481 e. The van der Waals surface area contributed by atoms with E-state index in [0.29, 0.717) is 0 Å². The van der Waals surface area contributed by atoms with Gasteiger partial charge in [-0.2, -0.15) is 18.4 Å². The van der Waals surface area contributed by atoms with Gasteiger partial charge in [-0.3, -0.25) is 4.18 Å². The zero-order valence-electron chi connectivity index (χ0n) is 12.1. The Morgan fingerprint density at radius 1 is 1.09 bits per heavy atom. The summed E-state index contributed by atoms with van der Waals surface area (Å²) in [4.78, 5) is 7.71. The fourth-order valence-corrected chi connectivity index (χ4v) is 3.20. The lowest BCUT2D eigenvalue weighted by atomic mass is 10.4. The standard InChI is InChI=1S/C13H12Cl2N2O5S/c1-20-11-6-12(21-2)17-10(16-11)7-22-23(18,19)9-5-3-4-8(14)13(9)15/h3-6H,7H2,1-2H3. The molecule has 124 valence electrons. The molecule has 0 bridgehead atoms. The smallest absolute Gasteiger partial charge is 0.298 e. The Morgan fingerprint density at radius 3 is 2.26 bits per heavy atom. The highest BCUT2D eigenvalue weighted by Gasteiger charge is 2.21. The van der Waals surface area contributed by atoms with Crippen LogP contribution < -0.4 is 9.47 Å². The Hall–Kier alpha value is -1.61. The molecule has 23 heavy (non-hydrogen) atoms. The topological polar surface area (TPSA) is 87.6 Å². The van der Waals surface area contributed by atoms with E-state index in [4.69, 9.17) is 36.9 Å². The van der Waals surface area contributed by atoms with Gasteiger partial charge in [0.1, 0.15) is 11.5 Å². The molecule has 1 aromatic heterocycles. The predicted octanol–water partition coefficient (Wildman–Crippen LogP) is 2.71. The van der Waals surface area contributed by atoms with E-state index in [9.17, 15) is 8.42 Å². The molecule has 0 unspecified atom stereocenters. The molecule has 0 saturated carbocycles. The molecule has 0 aliphatic carbocycles. The third-order valence-electron chi connectivity index (χ3n) is 2.67. The molecule has 1 heterocycles. The normalized spacial score (nSPS) is 11.3. The summed E-state index contributed by atoms with van der Waals surface area (Å²) in [6.45, 7) is -0.418. The number of halogens is 2. The predicted molar refractivity (Wildman–Crippen MR) is 83.6 cm³/mol. The van der Waals surface area contributed by atoms with Crippen LogP contribution in [0.15, 0.2) is 29.2 Å². The lowest BCUT2D eigenvalue weighted by Gasteiger charge is -2.09. The fraction of sp³-hybridized carbons (Fsp3) is 0.231. The molecular formula is C13H12Cl2N2O5S. The van der Waals surface area contributed by atoms with Crippen molar-refractivity contribution in [2.24, 2.45) is 0 Å². The highest BCUT2D eigenvalue weighted by Crippen LogP contribution is 2.30. The van der Waals surface area contributed by atoms with Crippen molar-refractivity contribution < 1.29 is 22.1 Å². The van der Waals surface area contributed by atoms with Crippen molar-refractivity contribution in [2.45, 2.75) is 11.5 Å². The van der Waals surface area contributed by atoms with Gasteiger partial charge in [0.2, 0.25) is 11.8 Å².